The van der Waals surface area contributed by atoms with Crippen LogP contribution >= 0.6 is 0 Å². The van der Waals surface area contributed by atoms with E-state index in [4.69, 9.17) is 4.74 Å². The van der Waals surface area contributed by atoms with Crippen molar-refractivity contribution < 1.29 is 22.7 Å². The lowest BCUT2D eigenvalue weighted by Crippen LogP contribution is -2.45. The van der Waals surface area contributed by atoms with Crippen LogP contribution in [0.1, 0.15) is 33.7 Å². The van der Waals surface area contributed by atoms with Crippen molar-refractivity contribution in [3.63, 3.8) is 0 Å². The average Bonchev–Trinajstić information content (AvgIpc) is 3.20. The minimum atomic E-state index is -4.38. The predicted molar refractivity (Wildman–Crippen MR) is 85.9 cm³/mol. The summed E-state index contributed by atoms with van der Waals surface area (Å²) in [5.41, 5.74) is 2.25. The third kappa shape index (κ3) is 2.49. The SMILES string of the molecule is Cc1cc(C)c2c(n1)C1(CCOC1)N(c1cnn(CC(F)(F)F)c1)C2=O. The Bertz CT molecular complexity index is 885. The van der Waals surface area contributed by atoms with Crippen molar-refractivity contribution in [3.05, 3.63) is 41.0 Å². The van der Waals surface area contributed by atoms with Crippen molar-refractivity contribution in [1.29, 1.82) is 0 Å². The molecule has 1 saturated heterocycles. The number of anilines is 1. The molecule has 0 N–H and O–H groups in total. The number of hydrogen-bond acceptors (Lipinski definition) is 4. The van der Waals surface area contributed by atoms with Crippen LogP contribution in [-0.4, -0.2) is 40.1 Å². The molecule has 2 aromatic rings. The minimum Gasteiger partial charge on any atom is -0.378 e. The van der Waals surface area contributed by atoms with Gasteiger partial charge in [-0.25, -0.2) is 0 Å². The first-order chi connectivity index (χ1) is 12.2. The van der Waals surface area contributed by atoms with Gasteiger partial charge in [-0.15, -0.1) is 0 Å². The number of halogens is 3. The standard InChI is InChI=1S/C17H17F3N4O2/c1-10-5-11(2)22-14-13(10)15(25)24(16(14)3-4-26-9-16)12-6-21-23(7-12)8-17(18,19)20/h5-7H,3-4,8-9H2,1-2H3. The molecule has 0 radical (unpaired) electrons. The highest BCUT2D eigenvalue weighted by atomic mass is 19.4. The Morgan fingerprint density at radius 3 is 2.77 bits per heavy atom. The van der Waals surface area contributed by atoms with Gasteiger partial charge in [-0.1, -0.05) is 0 Å². The molecule has 1 atom stereocenters. The van der Waals surface area contributed by atoms with Crippen LogP contribution in [0.5, 0.6) is 0 Å². The summed E-state index contributed by atoms with van der Waals surface area (Å²) in [5.74, 6) is -0.276. The first-order valence-electron chi connectivity index (χ1n) is 8.21. The maximum atomic E-state index is 13.2. The van der Waals surface area contributed by atoms with Gasteiger partial charge in [0.1, 0.15) is 12.1 Å². The fraction of sp³-hybridized carbons (Fsp3) is 0.471. The lowest BCUT2D eigenvalue weighted by Gasteiger charge is -2.32. The fourth-order valence-corrected chi connectivity index (χ4v) is 3.88. The van der Waals surface area contributed by atoms with Gasteiger partial charge in [0.2, 0.25) is 0 Å². The van der Waals surface area contributed by atoms with Crippen molar-refractivity contribution in [3.8, 4) is 0 Å². The molecule has 1 fully saturated rings. The number of alkyl halides is 3. The van der Waals surface area contributed by atoms with Crippen molar-refractivity contribution in [2.75, 3.05) is 18.1 Å². The Labute approximate surface area is 147 Å². The van der Waals surface area contributed by atoms with E-state index >= 15 is 0 Å². The van der Waals surface area contributed by atoms with E-state index in [1.165, 1.54) is 17.3 Å². The molecule has 4 rings (SSSR count). The van der Waals surface area contributed by atoms with Gasteiger partial charge < -0.3 is 4.74 Å². The summed E-state index contributed by atoms with van der Waals surface area (Å²) in [5, 5.41) is 3.78. The molecule has 1 unspecified atom stereocenters. The molecule has 26 heavy (non-hydrogen) atoms. The van der Waals surface area contributed by atoms with E-state index < -0.39 is 18.3 Å². The van der Waals surface area contributed by atoms with Crippen LogP contribution in [0.15, 0.2) is 18.5 Å². The van der Waals surface area contributed by atoms with Crippen LogP contribution in [0.4, 0.5) is 18.9 Å². The number of amides is 1. The molecule has 0 aliphatic carbocycles. The van der Waals surface area contributed by atoms with Gasteiger partial charge in [-0.3, -0.25) is 19.4 Å². The van der Waals surface area contributed by atoms with Gasteiger partial charge in [-0.2, -0.15) is 18.3 Å². The summed E-state index contributed by atoms with van der Waals surface area (Å²) in [6.45, 7) is 3.19. The normalized spacial score (nSPS) is 22.5. The lowest BCUT2D eigenvalue weighted by atomic mass is 9.92. The van der Waals surface area contributed by atoms with Gasteiger partial charge in [0.05, 0.1) is 29.7 Å². The van der Waals surface area contributed by atoms with Gasteiger partial charge in [-0.05, 0) is 25.5 Å². The zero-order chi connectivity index (χ0) is 18.7. The number of aromatic nitrogens is 3. The van der Waals surface area contributed by atoms with E-state index in [9.17, 15) is 18.0 Å². The number of hydrogen-bond donors (Lipinski definition) is 0. The summed E-state index contributed by atoms with van der Waals surface area (Å²) in [4.78, 5) is 19.3. The summed E-state index contributed by atoms with van der Waals surface area (Å²) >= 11 is 0. The van der Waals surface area contributed by atoms with Gasteiger partial charge in [0.15, 0.2) is 0 Å². The highest BCUT2D eigenvalue weighted by Crippen LogP contribution is 2.47. The van der Waals surface area contributed by atoms with Crippen LogP contribution in [0.2, 0.25) is 0 Å². The molecular formula is C17H17F3N4O2. The zero-order valence-corrected chi connectivity index (χ0v) is 14.3. The van der Waals surface area contributed by atoms with Gasteiger partial charge in [0.25, 0.3) is 5.91 Å². The van der Waals surface area contributed by atoms with Crippen molar-refractivity contribution in [2.24, 2.45) is 0 Å². The Morgan fingerprint density at radius 2 is 2.12 bits per heavy atom. The molecule has 0 saturated carbocycles. The molecule has 2 aliphatic heterocycles. The number of nitrogens with zero attached hydrogens (tertiary/aromatic N) is 4. The second kappa shape index (κ2) is 5.54. The topological polar surface area (TPSA) is 60.2 Å². The molecular weight excluding hydrogens is 349 g/mol. The van der Waals surface area contributed by atoms with E-state index in [0.29, 0.717) is 30.0 Å². The first kappa shape index (κ1) is 17.0. The van der Waals surface area contributed by atoms with Crippen LogP contribution in [0.3, 0.4) is 0 Å². The maximum absolute atomic E-state index is 13.2. The number of carbonyl (C=O) groups excluding carboxylic acids is 1. The fourth-order valence-electron chi connectivity index (χ4n) is 3.88. The molecule has 1 spiro atoms. The summed E-state index contributed by atoms with van der Waals surface area (Å²) < 4.78 is 44.3. The Kier molecular flexibility index (Phi) is 3.62. The first-order valence-corrected chi connectivity index (χ1v) is 8.21. The van der Waals surface area contributed by atoms with E-state index in [1.807, 2.05) is 19.9 Å². The largest absolute Gasteiger partial charge is 0.408 e. The van der Waals surface area contributed by atoms with Crippen LogP contribution in [0.25, 0.3) is 0 Å². The zero-order valence-electron chi connectivity index (χ0n) is 14.3. The molecule has 9 heteroatoms. The summed E-state index contributed by atoms with van der Waals surface area (Å²) in [6, 6.07) is 1.83. The molecule has 0 bridgehead atoms. The highest BCUT2D eigenvalue weighted by Gasteiger charge is 2.55. The third-order valence-corrected chi connectivity index (χ3v) is 4.85. The molecule has 4 heterocycles. The van der Waals surface area contributed by atoms with Crippen LogP contribution in [-0.2, 0) is 16.8 Å². The summed E-state index contributed by atoms with van der Waals surface area (Å²) in [7, 11) is 0. The van der Waals surface area contributed by atoms with E-state index in [2.05, 4.69) is 10.1 Å². The number of pyridine rings is 1. The number of aryl methyl sites for hydroxylation is 2. The average molecular weight is 366 g/mol. The molecule has 138 valence electrons. The van der Waals surface area contributed by atoms with Gasteiger partial charge in [0, 0.05) is 24.9 Å². The molecule has 2 aromatic heterocycles. The van der Waals surface area contributed by atoms with Crippen molar-refractivity contribution >= 4 is 11.6 Å². The van der Waals surface area contributed by atoms with E-state index in [-0.39, 0.29) is 12.5 Å². The molecule has 6 nitrogen and oxygen atoms in total. The molecule has 0 aromatic carbocycles. The van der Waals surface area contributed by atoms with Crippen LogP contribution in [0, 0.1) is 13.8 Å². The molecule has 2 aliphatic rings. The highest BCUT2D eigenvalue weighted by molar-refractivity contribution is 6.12. The number of ether oxygens (including phenoxy) is 1. The predicted octanol–water partition coefficient (Wildman–Crippen LogP) is 2.73. The number of rotatable bonds is 2. The third-order valence-electron chi connectivity index (χ3n) is 4.85. The maximum Gasteiger partial charge on any atom is 0.408 e. The second-order valence-electron chi connectivity index (χ2n) is 6.79. The van der Waals surface area contributed by atoms with Crippen molar-refractivity contribution in [2.45, 2.75) is 38.5 Å². The van der Waals surface area contributed by atoms with Crippen molar-refractivity contribution in [1.82, 2.24) is 14.8 Å². The quantitative estimate of drug-likeness (QED) is 0.820. The second-order valence-corrected chi connectivity index (χ2v) is 6.79. The number of carbonyl (C=O) groups is 1. The van der Waals surface area contributed by atoms with E-state index in [1.54, 1.807) is 0 Å². The van der Waals surface area contributed by atoms with E-state index in [0.717, 1.165) is 15.9 Å². The Morgan fingerprint density at radius 1 is 1.35 bits per heavy atom. The minimum absolute atomic E-state index is 0.256. The Hall–Kier alpha value is -2.42. The smallest absolute Gasteiger partial charge is 0.378 e. The van der Waals surface area contributed by atoms with Crippen LogP contribution < -0.4 is 4.90 Å². The Balaban J connectivity index is 1.82. The molecule has 1 amide bonds. The monoisotopic (exact) mass is 366 g/mol. The number of fused-ring (bicyclic) bond motifs is 2. The van der Waals surface area contributed by atoms with Gasteiger partial charge >= 0.3 is 6.18 Å². The lowest BCUT2D eigenvalue weighted by molar-refractivity contribution is -0.142. The summed E-state index contributed by atoms with van der Waals surface area (Å²) in [6.07, 6.45) is -1.31.